The monoisotopic (exact) mass is 312 g/mol. The highest BCUT2D eigenvalue weighted by Crippen LogP contribution is 2.25. The minimum absolute atomic E-state index is 0.176. The molecule has 0 fully saturated rings. The first kappa shape index (κ1) is 15.4. The Kier molecular flexibility index (Phi) is 4.52. The zero-order chi connectivity index (χ0) is 16.2. The SMILES string of the molecule is C=CCn1nc(C(=O)O)c2c1CCC(NCc1cccnc1)C2. The standard InChI is InChI=1S/C17H20N4O2/c1-2-8-21-15-6-5-13(9-14(15)16(20-21)17(22)23)19-11-12-4-3-7-18-10-12/h2-4,7,10,13,19H,1,5-6,8-9,11H2,(H,22,23). The number of aromatic nitrogens is 3. The predicted octanol–water partition coefficient (Wildman–Crippen LogP) is 1.81. The molecule has 0 saturated heterocycles. The maximum absolute atomic E-state index is 11.4. The fraction of sp³-hybridized carbons (Fsp3) is 0.353. The first-order valence-electron chi connectivity index (χ1n) is 7.74. The van der Waals surface area contributed by atoms with Crippen molar-refractivity contribution in [3.8, 4) is 0 Å². The lowest BCUT2D eigenvalue weighted by atomic mass is 9.91. The van der Waals surface area contributed by atoms with Crippen LogP contribution in [0.1, 0.15) is 33.7 Å². The summed E-state index contributed by atoms with van der Waals surface area (Å²) in [5.41, 5.74) is 3.19. The summed E-state index contributed by atoms with van der Waals surface area (Å²) in [6.07, 6.45) is 7.82. The second kappa shape index (κ2) is 6.75. The van der Waals surface area contributed by atoms with Gasteiger partial charge in [-0.05, 0) is 30.9 Å². The third-order valence-electron chi connectivity index (χ3n) is 4.17. The van der Waals surface area contributed by atoms with Crippen molar-refractivity contribution in [2.45, 2.75) is 38.4 Å². The van der Waals surface area contributed by atoms with E-state index in [0.717, 1.165) is 36.2 Å². The number of hydrogen-bond donors (Lipinski definition) is 2. The van der Waals surface area contributed by atoms with Gasteiger partial charge >= 0.3 is 5.97 Å². The lowest BCUT2D eigenvalue weighted by Gasteiger charge is -2.24. The van der Waals surface area contributed by atoms with Gasteiger partial charge in [0.15, 0.2) is 5.69 Å². The number of carboxylic acids is 1. The molecule has 6 nitrogen and oxygen atoms in total. The zero-order valence-electron chi connectivity index (χ0n) is 12.9. The summed E-state index contributed by atoms with van der Waals surface area (Å²) < 4.78 is 1.77. The summed E-state index contributed by atoms with van der Waals surface area (Å²) in [5.74, 6) is -0.961. The number of allylic oxidation sites excluding steroid dienone is 1. The Morgan fingerprint density at radius 3 is 3.13 bits per heavy atom. The highest BCUT2D eigenvalue weighted by atomic mass is 16.4. The highest BCUT2D eigenvalue weighted by Gasteiger charge is 2.28. The van der Waals surface area contributed by atoms with Gasteiger partial charge in [-0.2, -0.15) is 5.10 Å². The molecule has 2 heterocycles. The van der Waals surface area contributed by atoms with E-state index in [1.807, 2.05) is 18.3 Å². The number of carboxylic acid groups (broad SMARTS) is 1. The molecule has 0 aromatic carbocycles. The molecule has 0 amide bonds. The molecule has 1 aliphatic carbocycles. The van der Waals surface area contributed by atoms with Gasteiger partial charge in [-0.15, -0.1) is 6.58 Å². The maximum atomic E-state index is 11.4. The van der Waals surface area contributed by atoms with Crippen LogP contribution in [0.3, 0.4) is 0 Å². The quantitative estimate of drug-likeness (QED) is 0.795. The first-order valence-corrected chi connectivity index (χ1v) is 7.74. The van der Waals surface area contributed by atoms with Crippen LogP contribution in [0.25, 0.3) is 0 Å². The van der Waals surface area contributed by atoms with Crippen molar-refractivity contribution in [1.29, 1.82) is 0 Å². The van der Waals surface area contributed by atoms with E-state index in [4.69, 9.17) is 0 Å². The Morgan fingerprint density at radius 2 is 2.43 bits per heavy atom. The summed E-state index contributed by atoms with van der Waals surface area (Å²) in [7, 11) is 0. The lowest BCUT2D eigenvalue weighted by molar-refractivity contribution is 0.0688. The Bertz CT molecular complexity index is 709. The van der Waals surface area contributed by atoms with Crippen LogP contribution in [0.15, 0.2) is 37.2 Å². The number of carbonyl (C=O) groups is 1. The Labute approximate surface area is 134 Å². The molecular weight excluding hydrogens is 292 g/mol. The van der Waals surface area contributed by atoms with Crippen molar-refractivity contribution in [2.24, 2.45) is 0 Å². The number of fused-ring (bicyclic) bond motifs is 1. The Morgan fingerprint density at radius 1 is 1.57 bits per heavy atom. The van der Waals surface area contributed by atoms with Gasteiger partial charge in [0.1, 0.15) is 0 Å². The van der Waals surface area contributed by atoms with Crippen LogP contribution in [-0.4, -0.2) is 31.9 Å². The third kappa shape index (κ3) is 3.32. The van der Waals surface area contributed by atoms with E-state index < -0.39 is 5.97 Å². The van der Waals surface area contributed by atoms with Crippen LogP contribution in [0.5, 0.6) is 0 Å². The van der Waals surface area contributed by atoms with Gasteiger partial charge in [-0.25, -0.2) is 4.79 Å². The van der Waals surface area contributed by atoms with E-state index in [9.17, 15) is 9.90 Å². The van der Waals surface area contributed by atoms with Crippen LogP contribution in [0.4, 0.5) is 0 Å². The molecule has 0 saturated carbocycles. The van der Waals surface area contributed by atoms with Gasteiger partial charge in [0, 0.05) is 36.2 Å². The van der Waals surface area contributed by atoms with Gasteiger partial charge < -0.3 is 10.4 Å². The van der Waals surface area contributed by atoms with Crippen molar-refractivity contribution < 1.29 is 9.90 Å². The van der Waals surface area contributed by atoms with Crippen LogP contribution < -0.4 is 5.32 Å². The Hall–Kier alpha value is -2.47. The van der Waals surface area contributed by atoms with Gasteiger partial charge in [0.05, 0.1) is 6.54 Å². The number of rotatable bonds is 6. The summed E-state index contributed by atoms with van der Waals surface area (Å²) in [4.78, 5) is 15.6. The average molecular weight is 312 g/mol. The number of hydrogen-bond acceptors (Lipinski definition) is 4. The second-order valence-electron chi connectivity index (χ2n) is 5.73. The normalized spacial score (nSPS) is 16.8. The smallest absolute Gasteiger partial charge is 0.356 e. The van der Waals surface area contributed by atoms with E-state index in [2.05, 4.69) is 22.0 Å². The topological polar surface area (TPSA) is 80.0 Å². The summed E-state index contributed by atoms with van der Waals surface area (Å²) in [6.45, 7) is 4.99. The fourth-order valence-electron chi connectivity index (χ4n) is 3.07. The molecule has 1 aliphatic rings. The van der Waals surface area contributed by atoms with E-state index in [0.29, 0.717) is 13.0 Å². The van der Waals surface area contributed by atoms with Gasteiger partial charge in [0.2, 0.25) is 0 Å². The lowest BCUT2D eigenvalue weighted by Crippen LogP contribution is -2.34. The van der Waals surface area contributed by atoms with Crippen molar-refractivity contribution in [3.63, 3.8) is 0 Å². The molecule has 1 unspecified atom stereocenters. The van der Waals surface area contributed by atoms with Crippen molar-refractivity contribution in [2.75, 3.05) is 0 Å². The third-order valence-corrected chi connectivity index (χ3v) is 4.17. The molecule has 0 spiro atoms. The molecule has 2 aromatic heterocycles. The van der Waals surface area contributed by atoms with Gasteiger partial charge in [-0.3, -0.25) is 9.67 Å². The molecule has 0 aliphatic heterocycles. The van der Waals surface area contributed by atoms with Gasteiger partial charge in [0.25, 0.3) is 0 Å². The molecule has 6 heteroatoms. The van der Waals surface area contributed by atoms with Crippen LogP contribution in [-0.2, 0) is 25.9 Å². The molecule has 23 heavy (non-hydrogen) atoms. The summed E-state index contributed by atoms with van der Waals surface area (Å²) in [6, 6.07) is 4.19. The first-order chi connectivity index (χ1) is 11.2. The maximum Gasteiger partial charge on any atom is 0.356 e. The number of nitrogens with one attached hydrogen (secondary N) is 1. The molecule has 3 rings (SSSR count). The van der Waals surface area contributed by atoms with E-state index in [-0.39, 0.29) is 11.7 Å². The minimum Gasteiger partial charge on any atom is -0.476 e. The fourth-order valence-corrected chi connectivity index (χ4v) is 3.07. The molecule has 1 atom stereocenters. The largest absolute Gasteiger partial charge is 0.476 e. The second-order valence-corrected chi connectivity index (χ2v) is 5.73. The van der Waals surface area contributed by atoms with Crippen LogP contribution in [0, 0.1) is 0 Å². The number of nitrogens with zero attached hydrogens (tertiary/aromatic N) is 3. The number of pyridine rings is 1. The van der Waals surface area contributed by atoms with Crippen LogP contribution in [0.2, 0.25) is 0 Å². The molecule has 120 valence electrons. The molecular formula is C17H20N4O2. The van der Waals surface area contributed by atoms with Crippen molar-refractivity contribution in [3.05, 3.63) is 59.7 Å². The molecule has 0 radical (unpaired) electrons. The molecule has 2 aromatic rings. The van der Waals surface area contributed by atoms with E-state index in [1.165, 1.54) is 0 Å². The summed E-state index contributed by atoms with van der Waals surface area (Å²) >= 11 is 0. The molecule has 0 bridgehead atoms. The zero-order valence-corrected chi connectivity index (χ0v) is 12.9. The molecule has 2 N–H and O–H groups in total. The van der Waals surface area contributed by atoms with E-state index >= 15 is 0 Å². The number of aromatic carboxylic acids is 1. The van der Waals surface area contributed by atoms with Gasteiger partial charge in [-0.1, -0.05) is 12.1 Å². The van der Waals surface area contributed by atoms with E-state index in [1.54, 1.807) is 17.0 Å². The predicted molar refractivity (Wildman–Crippen MR) is 86.3 cm³/mol. The average Bonchev–Trinajstić information content (AvgIpc) is 2.93. The minimum atomic E-state index is -0.961. The summed E-state index contributed by atoms with van der Waals surface area (Å²) in [5, 5.41) is 17.1. The van der Waals surface area contributed by atoms with Crippen LogP contribution >= 0.6 is 0 Å². The Balaban J connectivity index is 1.74. The van der Waals surface area contributed by atoms with Crippen molar-refractivity contribution >= 4 is 5.97 Å². The highest BCUT2D eigenvalue weighted by molar-refractivity contribution is 5.87. The van der Waals surface area contributed by atoms with Crippen molar-refractivity contribution in [1.82, 2.24) is 20.1 Å².